The summed E-state index contributed by atoms with van der Waals surface area (Å²) in [5.74, 6) is -0.112. The Bertz CT molecular complexity index is 710. The summed E-state index contributed by atoms with van der Waals surface area (Å²) >= 11 is 0. The zero-order chi connectivity index (χ0) is 15.3. The lowest BCUT2D eigenvalue weighted by atomic mass is 10.3. The molecule has 3 N–H and O–H groups in total. The van der Waals surface area contributed by atoms with Gasteiger partial charge in [-0.05, 0) is 18.6 Å². The third-order valence-electron chi connectivity index (χ3n) is 2.76. The van der Waals surface area contributed by atoms with E-state index in [1.807, 2.05) is 6.92 Å². The molecular formula is C13H16N4O3S. The Morgan fingerprint density at radius 1 is 1.29 bits per heavy atom. The molecule has 0 radical (unpaired) electrons. The molecule has 0 spiro atoms. The van der Waals surface area contributed by atoms with Crippen molar-refractivity contribution >= 4 is 21.7 Å². The molecule has 0 unspecified atom stereocenters. The molecule has 0 saturated heterocycles. The molecule has 0 atom stereocenters. The maximum atomic E-state index is 11.9. The monoisotopic (exact) mass is 308 g/mol. The van der Waals surface area contributed by atoms with Crippen LogP contribution in [0.15, 0.2) is 41.3 Å². The quantitative estimate of drug-likeness (QED) is 0.737. The summed E-state index contributed by atoms with van der Waals surface area (Å²) in [5.41, 5.74) is 0.884. The Morgan fingerprint density at radius 2 is 2.00 bits per heavy atom. The molecule has 0 saturated carbocycles. The number of hydrogen-bond donors (Lipinski definition) is 3. The number of aromatic amines is 1. The normalized spacial score (nSPS) is 11.3. The zero-order valence-corrected chi connectivity index (χ0v) is 12.3. The van der Waals surface area contributed by atoms with Gasteiger partial charge in [0.15, 0.2) is 5.82 Å². The average Bonchev–Trinajstić information content (AvgIpc) is 2.94. The third kappa shape index (κ3) is 4.14. The highest BCUT2D eigenvalue weighted by Gasteiger charge is 2.15. The Labute approximate surface area is 122 Å². The van der Waals surface area contributed by atoms with Crippen molar-refractivity contribution in [3.63, 3.8) is 0 Å². The van der Waals surface area contributed by atoms with E-state index in [0.717, 1.165) is 12.1 Å². The number of amides is 1. The number of sulfonamides is 1. The molecule has 0 fully saturated rings. The van der Waals surface area contributed by atoms with Crippen molar-refractivity contribution in [3.8, 4) is 0 Å². The number of nitrogens with one attached hydrogen (secondary N) is 3. The van der Waals surface area contributed by atoms with E-state index in [-0.39, 0.29) is 11.4 Å². The second-order valence-corrected chi connectivity index (χ2v) is 6.08. The van der Waals surface area contributed by atoms with Gasteiger partial charge in [0.25, 0.3) is 0 Å². The Balaban J connectivity index is 1.92. The van der Waals surface area contributed by atoms with Crippen molar-refractivity contribution in [2.45, 2.75) is 18.2 Å². The summed E-state index contributed by atoms with van der Waals surface area (Å²) in [5, 5.41) is 9.16. The number of H-pyrrole nitrogens is 1. The summed E-state index contributed by atoms with van der Waals surface area (Å²) in [6, 6.07) is 9.57. The highest BCUT2D eigenvalue weighted by molar-refractivity contribution is 7.89. The lowest BCUT2D eigenvalue weighted by Crippen LogP contribution is -2.32. The molecule has 2 aromatic rings. The van der Waals surface area contributed by atoms with Crippen LogP contribution in [0.2, 0.25) is 0 Å². The van der Waals surface area contributed by atoms with Gasteiger partial charge < -0.3 is 5.32 Å². The summed E-state index contributed by atoms with van der Waals surface area (Å²) in [4.78, 5) is 11.8. The van der Waals surface area contributed by atoms with E-state index in [4.69, 9.17) is 0 Å². The van der Waals surface area contributed by atoms with E-state index in [2.05, 4.69) is 20.2 Å². The predicted octanol–water partition coefficient (Wildman–Crippen LogP) is 0.889. The van der Waals surface area contributed by atoms with Crippen molar-refractivity contribution in [2.75, 3.05) is 11.9 Å². The molecule has 112 valence electrons. The van der Waals surface area contributed by atoms with Crippen LogP contribution in [0.3, 0.4) is 0 Å². The van der Waals surface area contributed by atoms with Crippen molar-refractivity contribution < 1.29 is 13.2 Å². The number of hydrogen-bond acceptors (Lipinski definition) is 4. The summed E-state index contributed by atoms with van der Waals surface area (Å²) < 4.78 is 26.1. The van der Waals surface area contributed by atoms with Gasteiger partial charge in [-0.1, -0.05) is 25.1 Å². The van der Waals surface area contributed by atoms with Crippen LogP contribution in [0.4, 0.5) is 5.82 Å². The van der Waals surface area contributed by atoms with Crippen LogP contribution in [0.1, 0.15) is 12.6 Å². The SMILES string of the molecule is CCc1cc(NC(=O)CNS(=O)(=O)c2ccccc2)n[nH]1. The molecule has 1 heterocycles. The minimum absolute atomic E-state index is 0.117. The molecular weight excluding hydrogens is 292 g/mol. The number of aromatic nitrogens is 2. The van der Waals surface area contributed by atoms with E-state index < -0.39 is 15.9 Å². The minimum atomic E-state index is -3.69. The van der Waals surface area contributed by atoms with Gasteiger partial charge in [0.05, 0.1) is 11.4 Å². The average molecular weight is 308 g/mol. The van der Waals surface area contributed by atoms with Crippen molar-refractivity contribution in [1.82, 2.24) is 14.9 Å². The van der Waals surface area contributed by atoms with Crippen LogP contribution in [-0.2, 0) is 21.2 Å². The second kappa shape index (κ2) is 6.51. The van der Waals surface area contributed by atoms with Crippen LogP contribution in [0, 0.1) is 0 Å². The molecule has 21 heavy (non-hydrogen) atoms. The topological polar surface area (TPSA) is 104 Å². The molecule has 8 heteroatoms. The van der Waals surface area contributed by atoms with Gasteiger partial charge >= 0.3 is 0 Å². The smallest absolute Gasteiger partial charge is 0.241 e. The largest absolute Gasteiger partial charge is 0.308 e. The Kier molecular flexibility index (Phi) is 4.71. The molecule has 0 aliphatic heterocycles. The zero-order valence-electron chi connectivity index (χ0n) is 11.5. The molecule has 0 aliphatic rings. The number of carbonyl (C=O) groups excluding carboxylic acids is 1. The number of nitrogens with zero attached hydrogens (tertiary/aromatic N) is 1. The van der Waals surface area contributed by atoms with E-state index in [0.29, 0.717) is 5.82 Å². The molecule has 1 amide bonds. The van der Waals surface area contributed by atoms with Crippen LogP contribution >= 0.6 is 0 Å². The third-order valence-corrected chi connectivity index (χ3v) is 4.17. The first-order valence-electron chi connectivity index (χ1n) is 6.40. The fourth-order valence-corrected chi connectivity index (χ4v) is 2.64. The van der Waals surface area contributed by atoms with Gasteiger partial charge in [-0.25, -0.2) is 13.1 Å². The lowest BCUT2D eigenvalue weighted by Gasteiger charge is -2.06. The van der Waals surface area contributed by atoms with E-state index in [9.17, 15) is 13.2 Å². The highest BCUT2D eigenvalue weighted by Crippen LogP contribution is 2.07. The minimum Gasteiger partial charge on any atom is -0.308 e. The van der Waals surface area contributed by atoms with Gasteiger partial charge in [-0.3, -0.25) is 9.89 Å². The van der Waals surface area contributed by atoms with Gasteiger partial charge in [-0.15, -0.1) is 0 Å². The molecule has 1 aromatic carbocycles. The first-order chi connectivity index (χ1) is 10.0. The molecule has 0 aliphatic carbocycles. The standard InChI is InChI=1S/C13H16N4O3S/c1-2-10-8-12(17-16-10)15-13(18)9-14-21(19,20)11-6-4-3-5-7-11/h3-8,14H,2,9H2,1H3,(H2,15,16,17,18). The van der Waals surface area contributed by atoms with Crippen molar-refractivity contribution in [2.24, 2.45) is 0 Å². The number of rotatable bonds is 6. The van der Waals surface area contributed by atoms with Crippen LogP contribution < -0.4 is 10.0 Å². The van der Waals surface area contributed by atoms with Crippen molar-refractivity contribution in [3.05, 3.63) is 42.1 Å². The number of anilines is 1. The second-order valence-electron chi connectivity index (χ2n) is 4.32. The maximum Gasteiger partial charge on any atom is 0.241 e. The molecule has 2 rings (SSSR count). The van der Waals surface area contributed by atoms with Gasteiger partial charge in [-0.2, -0.15) is 5.10 Å². The molecule has 7 nitrogen and oxygen atoms in total. The van der Waals surface area contributed by atoms with Gasteiger partial charge in [0, 0.05) is 11.8 Å². The first-order valence-corrected chi connectivity index (χ1v) is 7.88. The van der Waals surface area contributed by atoms with Crippen molar-refractivity contribution in [1.29, 1.82) is 0 Å². The number of benzene rings is 1. The molecule has 0 bridgehead atoms. The molecule has 1 aromatic heterocycles. The van der Waals surface area contributed by atoms with Crippen LogP contribution in [0.5, 0.6) is 0 Å². The Morgan fingerprint density at radius 3 is 2.62 bits per heavy atom. The lowest BCUT2D eigenvalue weighted by molar-refractivity contribution is -0.115. The first kappa shape index (κ1) is 15.2. The number of aryl methyl sites for hydroxylation is 1. The van der Waals surface area contributed by atoms with E-state index in [1.54, 1.807) is 24.3 Å². The highest BCUT2D eigenvalue weighted by atomic mass is 32.2. The number of carbonyl (C=O) groups is 1. The maximum absolute atomic E-state index is 11.9. The van der Waals surface area contributed by atoms with Gasteiger partial charge in [0.2, 0.25) is 15.9 Å². The van der Waals surface area contributed by atoms with E-state index in [1.165, 1.54) is 12.1 Å². The van der Waals surface area contributed by atoms with Gasteiger partial charge in [0.1, 0.15) is 0 Å². The fraction of sp³-hybridized carbons (Fsp3) is 0.231. The summed E-state index contributed by atoms with van der Waals surface area (Å²) in [6.45, 7) is 1.60. The summed E-state index contributed by atoms with van der Waals surface area (Å²) in [6.07, 6.45) is 0.767. The predicted molar refractivity (Wildman–Crippen MR) is 78.2 cm³/mol. The van der Waals surface area contributed by atoms with E-state index >= 15 is 0 Å². The van der Waals surface area contributed by atoms with Crippen LogP contribution in [-0.4, -0.2) is 31.1 Å². The summed E-state index contributed by atoms with van der Waals surface area (Å²) in [7, 11) is -3.69. The van der Waals surface area contributed by atoms with Crippen LogP contribution in [0.25, 0.3) is 0 Å². The Hall–Kier alpha value is -2.19. The fourth-order valence-electron chi connectivity index (χ4n) is 1.64.